The molecule has 22 heavy (non-hydrogen) atoms. The van der Waals surface area contributed by atoms with Crippen LogP contribution in [-0.4, -0.2) is 10.2 Å². The lowest BCUT2D eigenvalue weighted by molar-refractivity contribution is 0.474. The van der Waals surface area contributed by atoms with Crippen molar-refractivity contribution in [3.63, 3.8) is 0 Å². The van der Waals surface area contributed by atoms with E-state index in [1.54, 1.807) is 24.3 Å². The molecule has 0 saturated heterocycles. The van der Waals surface area contributed by atoms with Gasteiger partial charge in [0, 0.05) is 0 Å². The van der Waals surface area contributed by atoms with E-state index in [2.05, 4.69) is 27.7 Å². The van der Waals surface area contributed by atoms with Crippen molar-refractivity contribution in [1.29, 1.82) is 0 Å². The Labute approximate surface area is 136 Å². The number of rotatable bonds is 0. The van der Waals surface area contributed by atoms with Crippen molar-refractivity contribution >= 4 is 0 Å². The Kier molecular flexibility index (Phi) is 15.7. The minimum absolute atomic E-state index is 0.338. The number of hydrogen-bond acceptors (Lipinski definition) is 2. The maximum atomic E-state index is 8.81. The van der Waals surface area contributed by atoms with Gasteiger partial charge in [0.15, 0.2) is 0 Å². The first-order valence-electron chi connectivity index (χ1n) is 7.92. The molecule has 0 fully saturated rings. The fraction of sp³-hybridized carbons (Fsp3) is 0.400. The molecular weight excluding hydrogens is 272 g/mol. The highest BCUT2D eigenvalue weighted by atomic mass is 16.3. The predicted molar refractivity (Wildman–Crippen MR) is 97.6 cm³/mol. The number of aromatic hydroxyl groups is 2. The van der Waals surface area contributed by atoms with Crippen LogP contribution < -0.4 is 0 Å². The molecule has 0 aliphatic heterocycles. The zero-order chi connectivity index (χ0) is 17.4. The molecule has 0 spiro atoms. The summed E-state index contributed by atoms with van der Waals surface area (Å²) in [6, 6.07) is 14.3. The molecule has 0 aliphatic rings. The van der Waals surface area contributed by atoms with Crippen LogP contribution in [0.3, 0.4) is 0 Å². The third kappa shape index (κ3) is 16.1. The van der Waals surface area contributed by atoms with Gasteiger partial charge in [-0.25, -0.2) is 0 Å². The zero-order valence-electron chi connectivity index (χ0n) is 14.9. The van der Waals surface area contributed by atoms with Crippen LogP contribution in [0.1, 0.15) is 51.7 Å². The third-order valence-electron chi connectivity index (χ3n) is 2.00. The van der Waals surface area contributed by atoms with Gasteiger partial charge in [-0.3, -0.25) is 0 Å². The molecule has 2 rings (SSSR count). The summed E-state index contributed by atoms with van der Waals surface area (Å²) in [4.78, 5) is 0. The lowest BCUT2D eigenvalue weighted by Crippen LogP contribution is -1.66. The Morgan fingerprint density at radius 1 is 0.636 bits per heavy atom. The van der Waals surface area contributed by atoms with E-state index >= 15 is 0 Å². The van der Waals surface area contributed by atoms with Crippen LogP contribution in [0, 0.1) is 13.8 Å². The Hall–Kier alpha value is -1.96. The first-order valence-corrected chi connectivity index (χ1v) is 7.92. The molecule has 2 N–H and O–H groups in total. The molecular formula is C20H32O2. The zero-order valence-corrected chi connectivity index (χ0v) is 14.9. The maximum absolute atomic E-state index is 8.81. The second kappa shape index (κ2) is 15.4. The topological polar surface area (TPSA) is 40.5 Å². The largest absolute Gasteiger partial charge is 0.508 e. The maximum Gasteiger partial charge on any atom is 0.115 e. The van der Waals surface area contributed by atoms with Crippen molar-refractivity contribution in [3.8, 4) is 11.5 Å². The predicted octanol–water partition coefficient (Wildman–Crippen LogP) is 6.23. The molecule has 0 saturated carbocycles. The number of phenols is 2. The second-order valence-corrected chi connectivity index (χ2v) is 5.09. The van der Waals surface area contributed by atoms with E-state index in [0.29, 0.717) is 11.5 Å². The van der Waals surface area contributed by atoms with Crippen molar-refractivity contribution in [2.24, 2.45) is 0 Å². The van der Waals surface area contributed by atoms with Crippen LogP contribution in [0.5, 0.6) is 11.5 Å². The van der Waals surface area contributed by atoms with Gasteiger partial charge in [-0.15, -0.1) is 0 Å². The minimum atomic E-state index is 0.338. The van der Waals surface area contributed by atoms with E-state index < -0.39 is 0 Å². The minimum Gasteiger partial charge on any atom is -0.508 e. The Bertz CT molecular complexity index is 399. The van der Waals surface area contributed by atoms with Gasteiger partial charge in [-0.1, -0.05) is 64.8 Å². The summed E-state index contributed by atoms with van der Waals surface area (Å²) in [7, 11) is 0. The molecule has 2 nitrogen and oxygen atoms in total. The summed E-state index contributed by atoms with van der Waals surface area (Å²) >= 11 is 0. The molecule has 0 aromatic heterocycles. The monoisotopic (exact) mass is 304 g/mol. The van der Waals surface area contributed by atoms with E-state index in [-0.39, 0.29) is 0 Å². The quantitative estimate of drug-likeness (QED) is 0.605. The SMILES string of the molecule is CCC.CCC.Cc1cccc(O)c1.Cc1cccc(O)c1. The molecule has 0 aliphatic carbocycles. The van der Waals surface area contributed by atoms with Gasteiger partial charge in [-0.05, 0) is 49.2 Å². The van der Waals surface area contributed by atoms with E-state index in [9.17, 15) is 0 Å². The average molecular weight is 304 g/mol. The van der Waals surface area contributed by atoms with Crippen molar-refractivity contribution in [3.05, 3.63) is 59.7 Å². The van der Waals surface area contributed by atoms with Gasteiger partial charge in [0.05, 0.1) is 0 Å². The van der Waals surface area contributed by atoms with Gasteiger partial charge in [0.1, 0.15) is 11.5 Å². The molecule has 124 valence electrons. The third-order valence-corrected chi connectivity index (χ3v) is 2.00. The Balaban J connectivity index is 0. The van der Waals surface area contributed by atoms with Crippen LogP contribution in [0.25, 0.3) is 0 Å². The summed E-state index contributed by atoms with van der Waals surface area (Å²) in [5, 5.41) is 17.6. The fourth-order valence-electron chi connectivity index (χ4n) is 1.26. The van der Waals surface area contributed by atoms with Crippen molar-refractivity contribution in [2.75, 3.05) is 0 Å². The Morgan fingerprint density at radius 2 is 0.909 bits per heavy atom. The molecule has 0 amide bonds. The summed E-state index contributed by atoms with van der Waals surface area (Å²) < 4.78 is 0. The Morgan fingerprint density at radius 3 is 1.05 bits per heavy atom. The second-order valence-electron chi connectivity index (χ2n) is 5.09. The molecule has 0 unspecified atom stereocenters. The van der Waals surface area contributed by atoms with Gasteiger partial charge < -0.3 is 10.2 Å². The van der Waals surface area contributed by atoms with Crippen LogP contribution in [0.15, 0.2) is 48.5 Å². The normalized spacial score (nSPS) is 8.27. The highest BCUT2D eigenvalue weighted by Crippen LogP contribution is 2.09. The number of hydrogen-bond donors (Lipinski definition) is 2. The first-order chi connectivity index (χ1) is 10.4. The standard InChI is InChI=1S/2C7H8O.2C3H8/c2*1-6-3-2-4-7(8)5-6;2*1-3-2/h2*2-5,8H,1H3;2*3H2,1-2H3. The highest BCUT2D eigenvalue weighted by Gasteiger charge is 1.83. The lowest BCUT2D eigenvalue weighted by Gasteiger charge is -1.89. The average Bonchev–Trinajstić information content (AvgIpc) is 2.40. The molecule has 2 aromatic carbocycles. The highest BCUT2D eigenvalue weighted by molar-refractivity contribution is 5.26. The molecule has 2 heteroatoms. The summed E-state index contributed by atoms with van der Waals surface area (Å²) in [5.74, 6) is 0.676. The van der Waals surface area contributed by atoms with E-state index in [0.717, 1.165) is 11.1 Å². The van der Waals surface area contributed by atoms with Crippen molar-refractivity contribution < 1.29 is 10.2 Å². The summed E-state index contributed by atoms with van der Waals surface area (Å²) in [5.41, 5.74) is 2.18. The summed E-state index contributed by atoms with van der Waals surface area (Å²) in [6.07, 6.45) is 2.50. The van der Waals surface area contributed by atoms with Gasteiger partial charge in [-0.2, -0.15) is 0 Å². The van der Waals surface area contributed by atoms with Gasteiger partial charge in [0.2, 0.25) is 0 Å². The van der Waals surface area contributed by atoms with E-state index in [4.69, 9.17) is 10.2 Å². The smallest absolute Gasteiger partial charge is 0.115 e. The number of aryl methyl sites for hydroxylation is 2. The van der Waals surface area contributed by atoms with Crippen molar-refractivity contribution in [2.45, 2.75) is 54.4 Å². The summed E-state index contributed by atoms with van der Waals surface area (Å²) in [6.45, 7) is 12.4. The van der Waals surface area contributed by atoms with Crippen molar-refractivity contribution in [1.82, 2.24) is 0 Å². The fourth-order valence-corrected chi connectivity index (χ4v) is 1.26. The van der Waals surface area contributed by atoms with Gasteiger partial charge in [0.25, 0.3) is 0 Å². The van der Waals surface area contributed by atoms with Gasteiger partial charge >= 0.3 is 0 Å². The lowest BCUT2D eigenvalue weighted by atomic mass is 10.2. The molecule has 0 atom stereocenters. The van der Waals surface area contributed by atoms with Crippen LogP contribution in [0.2, 0.25) is 0 Å². The molecule has 2 aromatic rings. The number of phenolic OH excluding ortho intramolecular Hbond substituents is 2. The first kappa shape index (κ1) is 22.3. The van der Waals surface area contributed by atoms with Crippen LogP contribution in [0.4, 0.5) is 0 Å². The van der Waals surface area contributed by atoms with Crippen LogP contribution in [-0.2, 0) is 0 Å². The van der Waals surface area contributed by atoms with E-state index in [1.807, 2.05) is 38.1 Å². The number of benzene rings is 2. The van der Waals surface area contributed by atoms with Crippen LogP contribution >= 0.6 is 0 Å². The molecule has 0 radical (unpaired) electrons. The molecule has 0 heterocycles. The molecule has 0 bridgehead atoms. The van der Waals surface area contributed by atoms with E-state index in [1.165, 1.54) is 12.8 Å².